The molecule has 2 aromatic heterocycles. The lowest BCUT2D eigenvalue weighted by molar-refractivity contribution is 0.0526. The highest BCUT2D eigenvalue weighted by Gasteiger charge is 2.10. The quantitative estimate of drug-likeness (QED) is 0.757. The highest BCUT2D eigenvalue weighted by Crippen LogP contribution is 2.17. The van der Waals surface area contributed by atoms with Crippen molar-refractivity contribution in [3.05, 3.63) is 36.2 Å². The molecule has 2 aromatic rings. The van der Waals surface area contributed by atoms with Gasteiger partial charge in [0.15, 0.2) is 0 Å². The van der Waals surface area contributed by atoms with E-state index in [0.29, 0.717) is 17.9 Å². The van der Waals surface area contributed by atoms with Crippen molar-refractivity contribution in [3.8, 4) is 0 Å². The number of nitrogens with zero attached hydrogens (tertiary/aromatic N) is 1. The molecule has 0 fully saturated rings. The molecule has 2 rings (SSSR count). The minimum Gasteiger partial charge on any atom is -0.462 e. The SMILES string of the molecule is CCOC(=O)c1cc2c(N)cccn2c1. The number of aromatic nitrogens is 1. The number of esters is 1. The van der Waals surface area contributed by atoms with Crippen LogP contribution in [0.2, 0.25) is 0 Å². The summed E-state index contributed by atoms with van der Waals surface area (Å²) in [5, 5.41) is 0. The second-order valence-electron chi connectivity index (χ2n) is 3.21. The maximum absolute atomic E-state index is 11.4. The first-order valence-corrected chi connectivity index (χ1v) is 4.75. The molecule has 2 N–H and O–H groups in total. The Labute approximate surface area is 87.3 Å². The first-order chi connectivity index (χ1) is 7.22. The molecular weight excluding hydrogens is 192 g/mol. The summed E-state index contributed by atoms with van der Waals surface area (Å²) in [6, 6.07) is 5.36. The first kappa shape index (κ1) is 9.58. The van der Waals surface area contributed by atoms with E-state index in [9.17, 15) is 4.79 Å². The topological polar surface area (TPSA) is 56.7 Å². The monoisotopic (exact) mass is 204 g/mol. The Morgan fingerprint density at radius 1 is 1.60 bits per heavy atom. The van der Waals surface area contributed by atoms with Crippen LogP contribution < -0.4 is 5.73 Å². The fourth-order valence-corrected chi connectivity index (χ4v) is 1.49. The summed E-state index contributed by atoms with van der Waals surface area (Å²) in [6.45, 7) is 2.16. The average Bonchev–Trinajstić information content (AvgIpc) is 2.63. The molecule has 0 atom stereocenters. The standard InChI is InChI=1S/C11H12N2O2/c1-2-15-11(14)8-6-10-9(12)4-3-5-13(10)7-8/h3-7H,2,12H2,1H3. The Morgan fingerprint density at radius 2 is 2.40 bits per heavy atom. The van der Waals surface area contributed by atoms with E-state index in [0.717, 1.165) is 5.52 Å². The van der Waals surface area contributed by atoms with Crippen molar-refractivity contribution in [1.82, 2.24) is 4.40 Å². The summed E-state index contributed by atoms with van der Waals surface area (Å²) in [5.74, 6) is -0.319. The third kappa shape index (κ3) is 1.66. The van der Waals surface area contributed by atoms with Crippen LogP contribution in [0.5, 0.6) is 0 Å². The van der Waals surface area contributed by atoms with E-state index >= 15 is 0 Å². The smallest absolute Gasteiger partial charge is 0.339 e. The minimum atomic E-state index is -0.319. The molecule has 0 radical (unpaired) electrons. The zero-order chi connectivity index (χ0) is 10.8. The molecule has 0 spiro atoms. The van der Waals surface area contributed by atoms with Gasteiger partial charge in [0.05, 0.1) is 23.4 Å². The predicted octanol–water partition coefficient (Wildman–Crippen LogP) is 1.70. The van der Waals surface area contributed by atoms with E-state index in [2.05, 4.69) is 0 Å². The summed E-state index contributed by atoms with van der Waals surface area (Å²) in [7, 11) is 0. The summed E-state index contributed by atoms with van der Waals surface area (Å²) < 4.78 is 6.71. The van der Waals surface area contributed by atoms with Crippen LogP contribution in [0, 0.1) is 0 Å². The number of ether oxygens (including phenoxy) is 1. The molecule has 0 amide bonds. The van der Waals surface area contributed by atoms with Gasteiger partial charge >= 0.3 is 5.97 Å². The lowest BCUT2D eigenvalue weighted by Gasteiger charge is -1.96. The number of carbonyl (C=O) groups is 1. The van der Waals surface area contributed by atoms with E-state index in [1.54, 1.807) is 25.3 Å². The van der Waals surface area contributed by atoms with Crippen molar-refractivity contribution < 1.29 is 9.53 Å². The van der Waals surface area contributed by atoms with Crippen LogP contribution in [-0.2, 0) is 4.74 Å². The number of pyridine rings is 1. The normalized spacial score (nSPS) is 10.5. The van der Waals surface area contributed by atoms with Gasteiger partial charge in [0.25, 0.3) is 0 Å². The van der Waals surface area contributed by atoms with Crippen LogP contribution in [0.15, 0.2) is 30.6 Å². The molecule has 0 aliphatic heterocycles. The molecule has 0 bridgehead atoms. The fourth-order valence-electron chi connectivity index (χ4n) is 1.49. The van der Waals surface area contributed by atoms with Gasteiger partial charge in [-0.2, -0.15) is 0 Å². The van der Waals surface area contributed by atoms with Gasteiger partial charge in [0.1, 0.15) is 0 Å². The zero-order valence-electron chi connectivity index (χ0n) is 8.43. The van der Waals surface area contributed by atoms with Crippen molar-refractivity contribution in [2.24, 2.45) is 0 Å². The van der Waals surface area contributed by atoms with E-state index < -0.39 is 0 Å². The van der Waals surface area contributed by atoms with Crippen LogP contribution in [0.25, 0.3) is 5.52 Å². The van der Waals surface area contributed by atoms with Crippen molar-refractivity contribution >= 4 is 17.2 Å². The van der Waals surface area contributed by atoms with Crippen molar-refractivity contribution in [1.29, 1.82) is 0 Å². The van der Waals surface area contributed by atoms with Gasteiger partial charge in [-0.25, -0.2) is 4.79 Å². The van der Waals surface area contributed by atoms with E-state index in [1.807, 2.05) is 16.7 Å². The third-order valence-electron chi connectivity index (χ3n) is 2.18. The van der Waals surface area contributed by atoms with Gasteiger partial charge < -0.3 is 14.9 Å². The molecule has 0 saturated heterocycles. The van der Waals surface area contributed by atoms with Gasteiger partial charge in [0.2, 0.25) is 0 Å². The first-order valence-electron chi connectivity index (χ1n) is 4.75. The number of hydrogen-bond donors (Lipinski definition) is 1. The molecule has 0 unspecified atom stereocenters. The summed E-state index contributed by atoms with van der Waals surface area (Å²) >= 11 is 0. The molecule has 4 heteroatoms. The zero-order valence-corrected chi connectivity index (χ0v) is 8.43. The maximum Gasteiger partial charge on any atom is 0.339 e. The Bertz CT molecular complexity index is 502. The van der Waals surface area contributed by atoms with Crippen molar-refractivity contribution in [2.75, 3.05) is 12.3 Å². The molecule has 2 heterocycles. The fraction of sp³-hybridized carbons (Fsp3) is 0.182. The second-order valence-corrected chi connectivity index (χ2v) is 3.21. The van der Waals surface area contributed by atoms with Crippen molar-refractivity contribution in [3.63, 3.8) is 0 Å². The highest BCUT2D eigenvalue weighted by atomic mass is 16.5. The number of fused-ring (bicyclic) bond motifs is 1. The van der Waals surface area contributed by atoms with Crippen LogP contribution >= 0.6 is 0 Å². The summed E-state index contributed by atoms with van der Waals surface area (Å²) in [5.41, 5.74) is 7.76. The van der Waals surface area contributed by atoms with Gasteiger partial charge in [-0.15, -0.1) is 0 Å². The lowest BCUT2D eigenvalue weighted by Crippen LogP contribution is -2.02. The van der Waals surface area contributed by atoms with Gasteiger partial charge in [-0.05, 0) is 25.1 Å². The van der Waals surface area contributed by atoms with Crippen LogP contribution in [0.3, 0.4) is 0 Å². The average molecular weight is 204 g/mol. The van der Waals surface area contributed by atoms with Gasteiger partial charge in [0, 0.05) is 12.4 Å². The largest absolute Gasteiger partial charge is 0.462 e. The van der Waals surface area contributed by atoms with E-state index in [-0.39, 0.29) is 5.97 Å². The predicted molar refractivity (Wildman–Crippen MR) is 57.8 cm³/mol. The van der Waals surface area contributed by atoms with E-state index in [4.69, 9.17) is 10.5 Å². The summed E-state index contributed by atoms with van der Waals surface area (Å²) in [6.07, 6.45) is 3.55. The van der Waals surface area contributed by atoms with Crippen LogP contribution in [-0.4, -0.2) is 17.0 Å². The molecule has 15 heavy (non-hydrogen) atoms. The summed E-state index contributed by atoms with van der Waals surface area (Å²) in [4.78, 5) is 11.4. The Balaban J connectivity index is 2.47. The lowest BCUT2D eigenvalue weighted by atomic mass is 10.3. The number of nitrogens with two attached hydrogens (primary N) is 1. The van der Waals surface area contributed by atoms with Crippen LogP contribution in [0.1, 0.15) is 17.3 Å². The highest BCUT2D eigenvalue weighted by molar-refractivity contribution is 5.92. The number of carbonyl (C=O) groups excluding carboxylic acids is 1. The van der Waals surface area contributed by atoms with Crippen LogP contribution in [0.4, 0.5) is 5.69 Å². The number of hydrogen-bond acceptors (Lipinski definition) is 3. The molecule has 78 valence electrons. The second kappa shape index (κ2) is 3.65. The van der Waals surface area contributed by atoms with Gasteiger partial charge in [-0.3, -0.25) is 0 Å². The molecule has 0 aromatic carbocycles. The number of anilines is 1. The van der Waals surface area contributed by atoms with Crippen molar-refractivity contribution in [2.45, 2.75) is 6.92 Å². The Hall–Kier alpha value is -1.97. The Kier molecular flexibility index (Phi) is 2.33. The Morgan fingerprint density at radius 3 is 3.07 bits per heavy atom. The number of nitrogen functional groups attached to an aromatic ring is 1. The third-order valence-corrected chi connectivity index (χ3v) is 2.18. The molecular formula is C11H12N2O2. The maximum atomic E-state index is 11.4. The molecule has 4 nitrogen and oxygen atoms in total. The molecule has 0 saturated carbocycles. The van der Waals surface area contributed by atoms with E-state index in [1.165, 1.54) is 0 Å². The van der Waals surface area contributed by atoms with Gasteiger partial charge in [-0.1, -0.05) is 0 Å². The minimum absolute atomic E-state index is 0.319. The number of rotatable bonds is 2. The molecule has 0 aliphatic carbocycles. The molecule has 0 aliphatic rings.